The summed E-state index contributed by atoms with van der Waals surface area (Å²) in [5.74, 6) is 0.400. The van der Waals surface area contributed by atoms with Crippen LogP contribution in [0.5, 0.6) is 5.75 Å². The van der Waals surface area contributed by atoms with Gasteiger partial charge in [-0.1, -0.05) is 33.8 Å². The van der Waals surface area contributed by atoms with Crippen molar-refractivity contribution in [3.8, 4) is 5.75 Å². The monoisotopic (exact) mass is 220 g/mol. The second kappa shape index (κ2) is 4.69. The van der Waals surface area contributed by atoms with E-state index in [0.717, 1.165) is 11.1 Å². The number of Topliss-reactive ketones (excluding diaryl/α,β-unsaturated/α-hetero) is 1. The fourth-order valence-electron chi connectivity index (χ4n) is 1.64. The van der Waals surface area contributed by atoms with Gasteiger partial charge in [-0.25, -0.2) is 0 Å². The van der Waals surface area contributed by atoms with Gasteiger partial charge in [0.15, 0.2) is 5.78 Å². The lowest BCUT2D eigenvalue weighted by Gasteiger charge is -2.13. The summed E-state index contributed by atoms with van der Waals surface area (Å²) < 4.78 is 0. The van der Waals surface area contributed by atoms with Crippen molar-refractivity contribution < 1.29 is 9.90 Å². The van der Waals surface area contributed by atoms with Crippen LogP contribution < -0.4 is 0 Å². The molecular formula is C14H20O2. The molecule has 0 spiro atoms. The highest BCUT2D eigenvalue weighted by atomic mass is 16.3. The van der Waals surface area contributed by atoms with Crippen LogP contribution in [0, 0.1) is 12.8 Å². The Morgan fingerprint density at radius 2 is 1.75 bits per heavy atom. The summed E-state index contributed by atoms with van der Waals surface area (Å²) in [6, 6.07) is 3.76. The summed E-state index contributed by atoms with van der Waals surface area (Å²) in [5, 5.41) is 9.90. The van der Waals surface area contributed by atoms with Gasteiger partial charge in [0.05, 0.1) is 5.56 Å². The van der Waals surface area contributed by atoms with Crippen LogP contribution in [0.4, 0.5) is 0 Å². The summed E-state index contributed by atoms with van der Waals surface area (Å²) in [5.41, 5.74) is 2.33. The highest BCUT2D eigenvalue weighted by Crippen LogP contribution is 2.29. The molecule has 16 heavy (non-hydrogen) atoms. The zero-order chi connectivity index (χ0) is 12.5. The van der Waals surface area contributed by atoms with E-state index in [1.165, 1.54) is 0 Å². The van der Waals surface area contributed by atoms with E-state index in [1.54, 1.807) is 0 Å². The summed E-state index contributed by atoms with van der Waals surface area (Å²) >= 11 is 0. The predicted molar refractivity (Wildman–Crippen MR) is 66.1 cm³/mol. The van der Waals surface area contributed by atoms with E-state index >= 15 is 0 Å². The number of hydrogen-bond acceptors (Lipinski definition) is 2. The lowest BCUT2D eigenvalue weighted by atomic mass is 9.92. The molecule has 0 unspecified atom stereocenters. The van der Waals surface area contributed by atoms with Gasteiger partial charge < -0.3 is 5.11 Å². The fourth-order valence-corrected chi connectivity index (χ4v) is 1.64. The number of carbonyl (C=O) groups excluding carboxylic acids is 1. The predicted octanol–water partition coefficient (Wildman–Crippen LogP) is 3.66. The third-order valence-electron chi connectivity index (χ3n) is 2.78. The first-order valence-corrected chi connectivity index (χ1v) is 5.72. The maximum absolute atomic E-state index is 11.9. The van der Waals surface area contributed by atoms with E-state index in [4.69, 9.17) is 0 Å². The Balaban J connectivity index is 3.32. The summed E-state index contributed by atoms with van der Waals surface area (Å²) in [7, 11) is 0. The molecule has 0 aliphatic rings. The summed E-state index contributed by atoms with van der Waals surface area (Å²) in [6.45, 7) is 9.68. The smallest absolute Gasteiger partial charge is 0.169 e. The van der Waals surface area contributed by atoms with Gasteiger partial charge in [0, 0.05) is 5.92 Å². The van der Waals surface area contributed by atoms with Crippen molar-refractivity contribution in [3.63, 3.8) is 0 Å². The van der Waals surface area contributed by atoms with E-state index in [-0.39, 0.29) is 17.5 Å². The molecule has 0 saturated carbocycles. The van der Waals surface area contributed by atoms with Crippen molar-refractivity contribution in [3.05, 3.63) is 28.8 Å². The third kappa shape index (κ3) is 2.43. The van der Waals surface area contributed by atoms with Gasteiger partial charge in [-0.3, -0.25) is 4.79 Å². The highest BCUT2D eigenvalue weighted by Gasteiger charge is 2.18. The van der Waals surface area contributed by atoms with Crippen molar-refractivity contribution in [2.45, 2.75) is 40.5 Å². The minimum absolute atomic E-state index is 0.00287. The maximum atomic E-state index is 11.9. The first kappa shape index (κ1) is 12.8. The molecule has 0 bridgehead atoms. The lowest BCUT2D eigenvalue weighted by Crippen LogP contribution is -2.09. The highest BCUT2D eigenvalue weighted by molar-refractivity contribution is 6.00. The Morgan fingerprint density at radius 3 is 2.19 bits per heavy atom. The van der Waals surface area contributed by atoms with Crippen molar-refractivity contribution >= 4 is 5.78 Å². The van der Waals surface area contributed by atoms with Crippen molar-refractivity contribution in [1.29, 1.82) is 0 Å². The number of benzene rings is 1. The molecule has 2 heteroatoms. The SMILES string of the molecule is Cc1cc(C(C)C)cc(C(=O)C(C)C)c1O. The molecule has 0 amide bonds. The molecule has 0 saturated heterocycles. The van der Waals surface area contributed by atoms with E-state index in [1.807, 2.05) is 32.9 Å². The minimum atomic E-state index is -0.0901. The maximum Gasteiger partial charge on any atom is 0.169 e. The number of phenols is 1. The van der Waals surface area contributed by atoms with Crippen LogP contribution in [0.15, 0.2) is 12.1 Å². The molecule has 0 aromatic heterocycles. The zero-order valence-corrected chi connectivity index (χ0v) is 10.7. The van der Waals surface area contributed by atoms with Gasteiger partial charge in [0.2, 0.25) is 0 Å². The van der Waals surface area contributed by atoms with Crippen LogP contribution >= 0.6 is 0 Å². The van der Waals surface area contributed by atoms with Gasteiger partial charge in [0.25, 0.3) is 0 Å². The molecule has 1 aromatic carbocycles. The van der Waals surface area contributed by atoms with E-state index in [0.29, 0.717) is 11.5 Å². The number of hydrogen-bond donors (Lipinski definition) is 1. The van der Waals surface area contributed by atoms with Gasteiger partial charge in [-0.05, 0) is 30.0 Å². The molecule has 88 valence electrons. The van der Waals surface area contributed by atoms with Crippen LogP contribution in [0.3, 0.4) is 0 Å². The average molecular weight is 220 g/mol. The van der Waals surface area contributed by atoms with Crippen LogP contribution in [-0.2, 0) is 0 Å². The average Bonchev–Trinajstić information content (AvgIpc) is 2.20. The molecule has 0 heterocycles. The number of rotatable bonds is 3. The third-order valence-corrected chi connectivity index (χ3v) is 2.78. The Bertz CT molecular complexity index is 403. The number of carbonyl (C=O) groups is 1. The van der Waals surface area contributed by atoms with Crippen molar-refractivity contribution in [2.75, 3.05) is 0 Å². The first-order chi connectivity index (χ1) is 7.34. The van der Waals surface area contributed by atoms with Gasteiger partial charge in [-0.15, -0.1) is 0 Å². The Labute approximate surface area is 97.3 Å². The van der Waals surface area contributed by atoms with Crippen molar-refractivity contribution in [1.82, 2.24) is 0 Å². The minimum Gasteiger partial charge on any atom is -0.507 e. The van der Waals surface area contributed by atoms with Gasteiger partial charge in [0.1, 0.15) is 5.75 Å². The Hall–Kier alpha value is -1.31. The van der Waals surface area contributed by atoms with Gasteiger partial charge in [-0.2, -0.15) is 0 Å². The molecular weight excluding hydrogens is 200 g/mol. The van der Waals surface area contributed by atoms with Crippen LogP contribution in [0.2, 0.25) is 0 Å². The second-order valence-electron chi connectivity index (χ2n) is 4.91. The number of phenolic OH excluding ortho intramolecular Hbond substituents is 1. The topological polar surface area (TPSA) is 37.3 Å². The Morgan fingerprint density at radius 1 is 1.19 bits per heavy atom. The quantitative estimate of drug-likeness (QED) is 0.789. The zero-order valence-electron chi connectivity index (χ0n) is 10.7. The molecule has 2 nitrogen and oxygen atoms in total. The van der Waals surface area contributed by atoms with E-state index < -0.39 is 0 Å². The molecule has 0 aliphatic carbocycles. The van der Waals surface area contributed by atoms with E-state index in [2.05, 4.69) is 13.8 Å². The van der Waals surface area contributed by atoms with Gasteiger partial charge >= 0.3 is 0 Å². The first-order valence-electron chi connectivity index (χ1n) is 5.72. The number of aromatic hydroxyl groups is 1. The van der Waals surface area contributed by atoms with E-state index in [9.17, 15) is 9.90 Å². The molecule has 0 aliphatic heterocycles. The number of ketones is 1. The number of aryl methyl sites for hydroxylation is 1. The van der Waals surface area contributed by atoms with Crippen LogP contribution in [0.25, 0.3) is 0 Å². The molecule has 0 atom stereocenters. The van der Waals surface area contributed by atoms with Crippen LogP contribution in [0.1, 0.15) is 55.1 Å². The largest absolute Gasteiger partial charge is 0.507 e. The van der Waals surface area contributed by atoms with Crippen molar-refractivity contribution in [2.24, 2.45) is 5.92 Å². The molecule has 1 rings (SSSR count). The normalized spacial score (nSPS) is 11.2. The molecule has 1 N–H and O–H groups in total. The molecule has 1 aromatic rings. The van der Waals surface area contributed by atoms with Crippen LogP contribution in [-0.4, -0.2) is 10.9 Å². The molecule has 0 fully saturated rings. The standard InChI is InChI=1S/C14H20O2/c1-8(2)11-6-10(5)14(16)12(7-11)13(15)9(3)4/h6-9,16H,1-5H3. The Kier molecular flexibility index (Phi) is 3.74. The second-order valence-corrected chi connectivity index (χ2v) is 4.91. The fraction of sp³-hybridized carbons (Fsp3) is 0.500. The molecule has 0 radical (unpaired) electrons. The summed E-state index contributed by atoms with van der Waals surface area (Å²) in [6.07, 6.45) is 0. The summed E-state index contributed by atoms with van der Waals surface area (Å²) in [4.78, 5) is 11.9. The lowest BCUT2D eigenvalue weighted by molar-refractivity contribution is 0.0936.